The third-order valence-electron chi connectivity index (χ3n) is 14.0. The molecule has 0 atom stereocenters. The van der Waals surface area contributed by atoms with E-state index in [-0.39, 0.29) is 10.8 Å². The summed E-state index contributed by atoms with van der Waals surface area (Å²) in [5.74, 6) is 0. The average molecular weight is 801 g/mol. The van der Waals surface area contributed by atoms with Gasteiger partial charge in [0.05, 0.1) is 11.4 Å². The predicted octanol–water partition coefficient (Wildman–Crippen LogP) is 16.8. The molecule has 0 N–H and O–H groups in total. The van der Waals surface area contributed by atoms with E-state index in [2.05, 4.69) is 235 Å². The van der Waals surface area contributed by atoms with Gasteiger partial charge in [0.1, 0.15) is 0 Å². The molecule has 0 heterocycles. The molecule has 9 aromatic carbocycles. The second kappa shape index (κ2) is 13.8. The van der Waals surface area contributed by atoms with Crippen molar-refractivity contribution in [3.05, 3.63) is 214 Å². The molecule has 0 bridgehead atoms. The van der Waals surface area contributed by atoms with Gasteiger partial charge < -0.3 is 9.80 Å². The molecule has 0 saturated heterocycles. The number of aryl methyl sites for hydroxylation is 4. The highest BCUT2D eigenvalue weighted by molar-refractivity contribution is 6.13. The Morgan fingerprint density at radius 3 is 0.919 bits per heavy atom. The highest BCUT2D eigenvalue weighted by Crippen LogP contribution is 2.60. The van der Waals surface area contributed by atoms with Crippen LogP contribution < -0.4 is 9.80 Å². The Hall–Kier alpha value is -6.90. The monoisotopic (exact) mass is 800 g/mol. The predicted molar refractivity (Wildman–Crippen MR) is 265 cm³/mol. The van der Waals surface area contributed by atoms with E-state index >= 15 is 0 Å². The number of fused-ring (bicyclic) bond motifs is 10. The summed E-state index contributed by atoms with van der Waals surface area (Å²) in [5, 5.41) is 5.10. The second-order valence-corrected chi connectivity index (χ2v) is 18.9. The number of anilines is 6. The summed E-state index contributed by atoms with van der Waals surface area (Å²) in [6.07, 6.45) is 0. The molecular weight excluding hydrogens is 749 g/mol. The molecule has 0 saturated carbocycles. The third-order valence-corrected chi connectivity index (χ3v) is 14.0. The van der Waals surface area contributed by atoms with Gasteiger partial charge in [0.15, 0.2) is 0 Å². The van der Waals surface area contributed by atoms with Crippen LogP contribution in [0, 0.1) is 27.7 Å². The van der Waals surface area contributed by atoms with Crippen molar-refractivity contribution in [2.45, 2.75) is 66.2 Å². The molecule has 11 rings (SSSR count). The van der Waals surface area contributed by atoms with E-state index in [0.29, 0.717) is 0 Å². The second-order valence-electron chi connectivity index (χ2n) is 18.9. The van der Waals surface area contributed by atoms with Crippen LogP contribution in [-0.2, 0) is 10.8 Å². The van der Waals surface area contributed by atoms with Crippen LogP contribution in [0.1, 0.15) is 72.2 Å². The zero-order valence-electron chi connectivity index (χ0n) is 37.1. The molecule has 302 valence electrons. The summed E-state index contributed by atoms with van der Waals surface area (Å²) in [4.78, 5) is 4.95. The van der Waals surface area contributed by atoms with Crippen molar-refractivity contribution >= 4 is 55.7 Å². The molecule has 2 aliphatic rings. The Labute approximate surface area is 366 Å². The first kappa shape index (κ1) is 38.1. The van der Waals surface area contributed by atoms with E-state index in [1.807, 2.05) is 0 Å². The van der Waals surface area contributed by atoms with Crippen molar-refractivity contribution in [2.75, 3.05) is 9.80 Å². The zero-order chi connectivity index (χ0) is 42.7. The first-order valence-electron chi connectivity index (χ1n) is 22.1. The van der Waals surface area contributed by atoms with Gasteiger partial charge in [0, 0.05) is 44.4 Å². The highest BCUT2D eigenvalue weighted by atomic mass is 15.1. The molecule has 0 unspecified atom stereocenters. The van der Waals surface area contributed by atoms with Crippen LogP contribution in [0.25, 0.3) is 43.8 Å². The molecule has 0 aliphatic heterocycles. The van der Waals surface area contributed by atoms with Crippen LogP contribution in [0.2, 0.25) is 0 Å². The molecule has 2 aliphatic carbocycles. The van der Waals surface area contributed by atoms with Gasteiger partial charge in [-0.1, -0.05) is 125 Å². The van der Waals surface area contributed by atoms with Gasteiger partial charge in [-0.15, -0.1) is 0 Å². The van der Waals surface area contributed by atoms with E-state index < -0.39 is 0 Å². The molecule has 0 spiro atoms. The molecule has 0 fully saturated rings. The number of nitrogens with zero attached hydrogens (tertiary/aromatic N) is 2. The molecule has 9 aromatic rings. The van der Waals surface area contributed by atoms with Crippen molar-refractivity contribution in [1.29, 1.82) is 0 Å². The smallest absolute Gasteiger partial charge is 0.0543 e. The summed E-state index contributed by atoms with van der Waals surface area (Å²) in [5.41, 5.74) is 22.5. The maximum absolute atomic E-state index is 2.58. The summed E-state index contributed by atoms with van der Waals surface area (Å²) >= 11 is 0. The molecular formula is C60H52N2. The van der Waals surface area contributed by atoms with E-state index in [1.54, 1.807) is 0 Å². The Kier molecular flexibility index (Phi) is 8.48. The van der Waals surface area contributed by atoms with Crippen molar-refractivity contribution in [2.24, 2.45) is 0 Å². The zero-order valence-corrected chi connectivity index (χ0v) is 37.1. The number of hydrogen-bond acceptors (Lipinski definition) is 2. The first-order valence-corrected chi connectivity index (χ1v) is 22.1. The van der Waals surface area contributed by atoms with E-state index in [4.69, 9.17) is 0 Å². The summed E-state index contributed by atoms with van der Waals surface area (Å²) in [6, 6.07) is 64.1. The molecule has 62 heavy (non-hydrogen) atoms. The fraction of sp³-hybridized carbons (Fsp3) is 0.167. The van der Waals surface area contributed by atoms with Crippen molar-refractivity contribution in [3.8, 4) is 22.3 Å². The van der Waals surface area contributed by atoms with E-state index in [1.165, 1.54) is 122 Å². The van der Waals surface area contributed by atoms with E-state index in [9.17, 15) is 0 Å². The van der Waals surface area contributed by atoms with Crippen LogP contribution in [0.5, 0.6) is 0 Å². The number of benzene rings is 9. The maximum Gasteiger partial charge on any atom is 0.0543 e. The van der Waals surface area contributed by atoms with Crippen molar-refractivity contribution in [3.63, 3.8) is 0 Å². The Morgan fingerprint density at radius 2 is 0.613 bits per heavy atom. The van der Waals surface area contributed by atoms with Gasteiger partial charge >= 0.3 is 0 Å². The Balaban J connectivity index is 1.14. The summed E-state index contributed by atoms with van der Waals surface area (Å²) in [6.45, 7) is 18.5. The van der Waals surface area contributed by atoms with Crippen molar-refractivity contribution < 1.29 is 0 Å². The van der Waals surface area contributed by atoms with Crippen molar-refractivity contribution in [1.82, 2.24) is 0 Å². The van der Waals surface area contributed by atoms with Gasteiger partial charge in [-0.25, -0.2) is 0 Å². The minimum absolute atomic E-state index is 0.251. The lowest BCUT2D eigenvalue weighted by atomic mass is 9.79. The number of rotatable bonds is 6. The Morgan fingerprint density at radius 1 is 0.306 bits per heavy atom. The van der Waals surface area contributed by atoms with Crippen LogP contribution >= 0.6 is 0 Å². The molecule has 0 amide bonds. The van der Waals surface area contributed by atoms with Gasteiger partial charge in [-0.05, 0) is 178 Å². The summed E-state index contributed by atoms with van der Waals surface area (Å²) < 4.78 is 0. The number of hydrogen-bond donors (Lipinski definition) is 0. The normalized spacial score (nSPS) is 14.1. The van der Waals surface area contributed by atoms with Crippen LogP contribution in [0.15, 0.2) is 170 Å². The molecule has 0 radical (unpaired) electrons. The quantitative estimate of drug-likeness (QED) is 0.165. The highest BCUT2D eigenvalue weighted by Gasteiger charge is 2.44. The lowest BCUT2D eigenvalue weighted by Crippen LogP contribution is -2.18. The van der Waals surface area contributed by atoms with E-state index in [0.717, 1.165) is 0 Å². The SMILES string of the molecule is Cc1cccc(N(c2cccc(C)c2)c2cc3c(c4ccccc24)-c2cc4c(cc2C3(C)C)-c2c(cc(N(c3cccc(C)c3)c3cccc(C)c3)c3ccccc23)C4(C)C)c1. The maximum atomic E-state index is 2.58. The topological polar surface area (TPSA) is 6.48 Å². The minimum Gasteiger partial charge on any atom is -0.310 e. The van der Waals surface area contributed by atoms with Crippen LogP contribution in [0.4, 0.5) is 34.1 Å². The fourth-order valence-electron chi connectivity index (χ4n) is 10.9. The minimum atomic E-state index is -0.251. The Bertz CT molecular complexity index is 3000. The molecule has 2 nitrogen and oxygen atoms in total. The summed E-state index contributed by atoms with van der Waals surface area (Å²) in [7, 11) is 0. The fourth-order valence-corrected chi connectivity index (χ4v) is 10.9. The largest absolute Gasteiger partial charge is 0.310 e. The van der Waals surface area contributed by atoms with Gasteiger partial charge in [0.25, 0.3) is 0 Å². The third kappa shape index (κ3) is 5.69. The molecule has 0 aromatic heterocycles. The lowest BCUT2D eigenvalue weighted by molar-refractivity contribution is 0.652. The molecule has 2 heteroatoms. The van der Waals surface area contributed by atoms with Gasteiger partial charge in [-0.2, -0.15) is 0 Å². The van der Waals surface area contributed by atoms with Crippen LogP contribution in [0.3, 0.4) is 0 Å². The lowest BCUT2D eigenvalue weighted by Gasteiger charge is -2.30. The van der Waals surface area contributed by atoms with Gasteiger partial charge in [0.2, 0.25) is 0 Å². The first-order chi connectivity index (χ1) is 29.9. The standard InChI is InChI=1S/C60H52N2/c1-37-17-13-21-41(29-37)61(42-22-14-18-38(2)30-42)55-35-53-57(47-27-11-9-25-45(47)55)49-33-52-50(34-51(49)59(53,5)6)58-48-28-12-10-26-46(48)56(36-54(58)60(52,7)8)62(43-23-15-19-39(3)31-43)44-24-16-20-40(4)32-44/h9-36H,1-8H3. The van der Waals surface area contributed by atoms with Crippen LogP contribution in [-0.4, -0.2) is 0 Å². The van der Waals surface area contributed by atoms with Gasteiger partial charge in [-0.3, -0.25) is 0 Å². The average Bonchev–Trinajstić information content (AvgIpc) is 3.62.